The third-order valence-corrected chi connectivity index (χ3v) is 6.56. The van der Waals surface area contributed by atoms with Crippen molar-refractivity contribution in [2.24, 2.45) is 0 Å². The number of pyridine rings is 2. The first-order chi connectivity index (χ1) is 19.2. The molecule has 0 spiro atoms. The summed E-state index contributed by atoms with van der Waals surface area (Å²) < 4.78 is 6.30. The normalized spacial score (nSPS) is 10.8. The number of ether oxygens (including phenoxy) is 1. The van der Waals surface area contributed by atoms with Crippen LogP contribution < -0.4 is 4.74 Å². The minimum Gasteiger partial charge on any atom is -0.476 e. The van der Waals surface area contributed by atoms with Gasteiger partial charge in [-0.2, -0.15) is 0 Å². The van der Waals surface area contributed by atoms with Gasteiger partial charge in [0.25, 0.3) is 0 Å². The number of aromatic nitrogens is 2. The van der Waals surface area contributed by atoms with E-state index in [9.17, 15) is 0 Å². The molecule has 0 saturated heterocycles. The smallest absolute Gasteiger partial charge is 0.132 e. The Balaban J connectivity index is 0.000000184. The first kappa shape index (κ1) is 27.2. The summed E-state index contributed by atoms with van der Waals surface area (Å²) in [6, 6.07) is 45.0. The van der Waals surface area contributed by atoms with Gasteiger partial charge >= 0.3 is 0 Å². The molecular formula is C36H26IrN2O-2. The Morgan fingerprint density at radius 1 is 0.625 bits per heavy atom. The van der Waals surface area contributed by atoms with Crippen molar-refractivity contribution in [1.29, 1.82) is 0 Å². The van der Waals surface area contributed by atoms with Crippen LogP contribution in [-0.4, -0.2) is 9.97 Å². The van der Waals surface area contributed by atoms with Crippen LogP contribution in [0.15, 0.2) is 121 Å². The van der Waals surface area contributed by atoms with Gasteiger partial charge in [-0.25, -0.2) is 0 Å². The largest absolute Gasteiger partial charge is 0.476 e. The molecule has 1 aliphatic rings. The Morgan fingerprint density at radius 3 is 2.12 bits per heavy atom. The first-order valence-electron chi connectivity index (χ1n) is 12.9. The molecule has 6 aromatic rings. The van der Waals surface area contributed by atoms with E-state index in [1.54, 1.807) is 6.20 Å². The molecule has 0 saturated carbocycles. The van der Waals surface area contributed by atoms with Crippen molar-refractivity contribution in [3.8, 4) is 56.3 Å². The quantitative estimate of drug-likeness (QED) is 0.169. The number of rotatable bonds is 2. The van der Waals surface area contributed by atoms with E-state index in [-0.39, 0.29) is 20.1 Å². The average molecular weight is 695 g/mol. The molecule has 4 heteroatoms. The van der Waals surface area contributed by atoms with Crippen LogP contribution in [0.4, 0.5) is 0 Å². The monoisotopic (exact) mass is 695 g/mol. The van der Waals surface area contributed by atoms with E-state index in [2.05, 4.69) is 71.5 Å². The van der Waals surface area contributed by atoms with E-state index < -0.39 is 0 Å². The van der Waals surface area contributed by atoms with Gasteiger partial charge in [0.15, 0.2) is 0 Å². The van der Waals surface area contributed by atoms with Gasteiger partial charge in [-0.1, -0.05) is 77.9 Å². The van der Waals surface area contributed by atoms with Crippen molar-refractivity contribution in [3.05, 3.63) is 145 Å². The predicted octanol–water partition coefficient (Wildman–Crippen LogP) is 9.15. The molecule has 0 aliphatic carbocycles. The summed E-state index contributed by atoms with van der Waals surface area (Å²) in [7, 11) is 0. The molecule has 1 radical (unpaired) electrons. The first-order valence-corrected chi connectivity index (χ1v) is 12.9. The minimum atomic E-state index is 0. The van der Waals surface area contributed by atoms with E-state index >= 15 is 0 Å². The van der Waals surface area contributed by atoms with Crippen LogP contribution >= 0.6 is 0 Å². The molecule has 1 aliphatic heterocycles. The van der Waals surface area contributed by atoms with Crippen molar-refractivity contribution >= 4 is 0 Å². The molecule has 40 heavy (non-hydrogen) atoms. The second-order valence-electron chi connectivity index (χ2n) is 9.40. The van der Waals surface area contributed by atoms with Gasteiger partial charge in [-0.15, -0.1) is 53.6 Å². The van der Waals surface area contributed by atoms with Gasteiger partial charge in [-0.05, 0) is 54.6 Å². The Hall–Kier alpha value is -4.37. The fraction of sp³-hybridized carbons (Fsp3) is 0.0556. The summed E-state index contributed by atoms with van der Waals surface area (Å²) in [6.45, 7) is 4.10. The van der Waals surface area contributed by atoms with Crippen molar-refractivity contribution in [1.82, 2.24) is 9.97 Å². The van der Waals surface area contributed by atoms with Crippen LogP contribution in [0.25, 0.3) is 44.8 Å². The topological polar surface area (TPSA) is 35.0 Å². The van der Waals surface area contributed by atoms with Crippen molar-refractivity contribution in [3.63, 3.8) is 0 Å². The van der Waals surface area contributed by atoms with Crippen LogP contribution in [0.2, 0.25) is 0 Å². The molecule has 0 amide bonds. The summed E-state index contributed by atoms with van der Waals surface area (Å²) >= 11 is 0. The van der Waals surface area contributed by atoms with Gasteiger partial charge in [0.2, 0.25) is 0 Å². The third kappa shape index (κ3) is 5.65. The van der Waals surface area contributed by atoms with Crippen LogP contribution in [0.5, 0.6) is 11.5 Å². The molecular weight excluding hydrogens is 669 g/mol. The molecule has 3 heterocycles. The maximum absolute atomic E-state index is 6.30. The number of hydrogen-bond acceptors (Lipinski definition) is 3. The zero-order chi connectivity index (χ0) is 26.6. The molecule has 4 aromatic carbocycles. The Bertz CT molecular complexity index is 1730. The summed E-state index contributed by atoms with van der Waals surface area (Å²) in [6.07, 6.45) is 1.81. The van der Waals surface area contributed by atoms with E-state index in [1.807, 2.05) is 79.7 Å². The molecule has 2 aromatic heterocycles. The number of hydrogen-bond donors (Lipinski definition) is 0. The third-order valence-electron chi connectivity index (χ3n) is 6.56. The number of benzene rings is 4. The van der Waals surface area contributed by atoms with Crippen molar-refractivity contribution < 1.29 is 24.8 Å². The van der Waals surface area contributed by atoms with Gasteiger partial charge in [-0.3, -0.25) is 0 Å². The number of nitrogens with zero attached hydrogens (tertiary/aromatic N) is 2. The second kappa shape index (κ2) is 12.2. The van der Waals surface area contributed by atoms with Gasteiger partial charge in [0.05, 0.1) is 5.75 Å². The maximum Gasteiger partial charge on any atom is 0.132 e. The fourth-order valence-electron chi connectivity index (χ4n) is 4.91. The Kier molecular flexibility index (Phi) is 8.31. The zero-order valence-electron chi connectivity index (χ0n) is 22.2. The number of fused-ring (bicyclic) bond motifs is 5. The molecule has 197 valence electrons. The Labute approximate surface area is 248 Å². The van der Waals surface area contributed by atoms with E-state index in [4.69, 9.17) is 4.74 Å². The molecule has 0 atom stereocenters. The Morgan fingerprint density at radius 2 is 1.38 bits per heavy atom. The van der Waals surface area contributed by atoms with Gasteiger partial charge < -0.3 is 14.7 Å². The zero-order valence-corrected chi connectivity index (χ0v) is 24.6. The second-order valence-corrected chi connectivity index (χ2v) is 9.40. The van der Waals surface area contributed by atoms with Crippen LogP contribution in [-0.2, 0) is 20.1 Å². The molecule has 0 unspecified atom stereocenters. The van der Waals surface area contributed by atoms with E-state index in [0.29, 0.717) is 0 Å². The summed E-state index contributed by atoms with van der Waals surface area (Å²) in [5.74, 6) is 1.70. The van der Waals surface area contributed by atoms with Gasteiger partial charge in [0.1, 0.15) is 5.75 Å². The summed E-state index contributed by atoms with van der Waals surface area (Å²) in [4.78, 5) is 9.00. The molecule has 7 rings (SSSR count). The SMILES string of the molecule is Cc1cc(C)nc(-c2[c-]cccc2)c1.[Ir].[c-]1ccc2c(c1-c1ccccn1)-c1ccccc1-c1ccccc1O2. The molecule has 0 fully saturated rings. The van der Waals surface area contributed by atoms with E-state index in [0.717, 1.165) is 62.0 Å². The van der Waals surface area contributed by atoms with Gasteiger partial charge in [0, 0.05) is 37.6 Å². The van der Waals surface area contributed by atoms with Crippen molar-refractivity contribution in [2.75, 3.05) is 0 Å². The maximum atomic E-state index is 6.30. The van der Waals surface area contributed by atoms with Crippen LogP contribution in [0, 0.1) is 26.0 Å². The number of aryl methyl sites for hydroxylation is 2. The minimum absolute atomic E-state index is 0. The standard InChI is InChI=1S/C23H14NO.C13H12N.Ir/c1-2-10-18-16(8-1)17-9-3-4-13-21(17)25-22-14-7-11-19(23(18)22)20-12-5-6-15-24-20;1-10-8-11(2)14-13(9-10)12-6-4-3-5-7-12;/h1-10,12-15H;3-6,8-9H,1-2H3;/q2*-1;. The average Bonchev–Trinajstić information content (AvgIpc) is 3.12. The fourth-order valence-corrected chi connectivity index (χ4v) is 4.91. The van der Waals surface area contributed by atoms with Crippen LogP contribution in [0.3, 0.4) is 0 Å². The predicted molar refractivity (Wildman–Crippen MR) is 157 cm³/mol. The number of para-hydroxylation sites is 1. The van der Waals surface area contributed by atoms with Crippen molar-refractivity contribution in [2.45, 2.75) is 13.8 Å². The summed E-state index contributed by atoms with van der Waals surface area (Å²) in [5, 5.41) is 0. The molecule has 3 nitrogen and oxygen atoms in total. The summed E-state index contributed by atoms with van der Waals surface area (Å²) in [5.41, 5.74) is 10.6. The van der Waals surface area contributed by atoms with Crippen LogP contribution in [0.1, 0.15) is 11.3 Å². The molecule has 0 bridgehead atoms. The molecule has 0 N–H and O–H groups in total. The van der Waals surface area contributed by atoms with E-state index in [1.165, 1.54) is 5.56 Å².